The minimum absolute atomic E-state index is 0.0872. The molecule has 0 radical (unpaired) electrons. The van der Waals surface area contributed by atoms with Crippen molar-refractivity contribution in [3.05, 3.63) is 62.9 Å². The van der Waals surface area contributed by atoms with E-state index in [0.29, 0.717) is 5.56 Å². The Labute approximate surface area is 125 Å². The molecule has 21 heavy (non-hydrogen) atoms. The number of benzene rings is 2. The number of nitro benzene ring substituents is 1. The Balaban J connectivity index is 2.51. The van der Waals surface area contributed by atoms with Crippen LogP contribution in [-0.2, 0) is 0 Å². The fraction of sp³-hybridized carbons (Fsp3) is 0.143. The SMILES string of the molecule is C[C@H](N)c1cc(F)ccc1Oc1c(Cl)cccc1[N+](=O)[O-]. The molecular formula is C14H12ClFN2O3. The molecule has 2 rings (SSSR count). The van der Waals surface area contributed by atoms with Crippen molar-refractivity contribution in [3.63, 3.8) is 0 Å². The van der Waals surface area contributed by atoms with Crippen LogP contribution in [0.15, 0.2) is 36.4 Å². The molecule has 7 heteroatoms. The summed E-state index contributed by atoms with van der Waals surface area (Å²) >= 11 is 5.95. The van der Waals surface area contributed by atoms with E-state index in [1.54, 1.807) is 6.92 Å². The molecule has 0 saturated heterocycles. The maximum absolute atomic E-state index is 13.3. The first kappa shape index (κ1) is 15.2. The van der Waals surface area contributed by atoms with Crippen LogP contribution in [0.1, 0.15) is 18.5 Å². The lowest BCUT2D eigenvalue weighted by Crippen LogP contribution is -2.07. The van der Waals surface area contributed by atoms with E-state index in [1.807, 2.05) is 0 Å². The summed E-state index contributed by atoms with van der Waals surface area (Å²) in [5, 5.41) is 11.1. The van der Waals surface area contributed by atoms with Crippen LogP contribution in [0.5, 0.6) is 11.5 Å². The molecule has 2 aromatic rings. The molecule has 0 amide bonds. The van der Waals surface area contributed by atoms with Gasteiger partial charge in [-0.25, -0.2) is 4.39 Å². The molecule has 0 bridgehead atoms. The summed E-state index contributed by atoms with van der Waals surface area (Å²) in [4.78, 5) is 10.4. The molecule has 0 heterocycles. The number of rotatable bonds is 4. The molecule has 0 aromatic heterocycles. The highest BCUT2D eigenvalue weighted by molar-refractivity contribution is 6.32. The van der Waals surface area contributed by atoms with Crippen molar-refractivity contribution in [1.29, 1.82) is 0 Å². The maximum atomic E-state index is 13.3. The average Bonchev–Trinajstić information content (AvgIpc) is 2.42. The first-order valence-electron chi connectivity index (χ1n) is 6.06. The van der Waals surface area contributed by atoms with Crippen molar-refractivity contribution in [2.75, 3.05) is 0 Å². The lowest BCUT2D eigenvalue weighted by atomic mass is 10.1. The summed E-state index contributed by atoms with van der Waals surface area (Å²) in [6.07, 6.45) is 0. The van der Waals surface area contributed by atoms with Crippen molar-refractivity contribution in [1.82, 2.24) is 0 Å². The zero-order chi connectivity index (χ0) is 15.6. The Bertz CT molecular complexity index is 692. The summed E-state index contributed by atoms with van der Waals surface area (Å²) in [7, 11) is 0. The van der Waals surface area contributed by atoms with Crippen molar-refractivity contribution in [2.24, 2.45) is 5.73 Å². The van der Waals surface area contributed by atoms with Crippen LogP contribution in [0.3, 0.4) is 0 Å². The number of nitrogens with zero attached hydrogens (tertiary/aromatic N) is 1. The number of ether oxygens (including phenoxy) is 1. The summed E-state index contributed by atoms with van der Waals surface area (Å²) in [6, 6.07) is 7.46. The zero-order valence-corrected chi connectivity index (χ0v) is 11.8. The molecular weight excluding hydrogens is 299 g/mol. The highest BCUT2D eigenvalue weighted by atomic mass is 35.5. The molecule has 110 valence electrons. The van der Waals surface area contributed by atoms with Gasteiger partial charge in [0, 0.05) is 17.7 Å². The Morgan fingerprint density at radius 1 is 1.38 bits per heavy atom. The second-order valence-electron chi connectivity index (χ2n) is 4.42. The van der Waals surface area contributed by atoms with E-state index < -0.39 is 16.8 Å². The van der Waals surface area contributed by atoms with E-state index in [1.165, 1.54) is 36.4 Å². The summed E-state index contributed by atoms with van der Waals surface area (Å²) in [6.45, 7) is 1.66. The summed E-state index contributed by atoms with van der Waals surface area (Å²) in [5.74, 6) is -0.344. The lowest BCUT2D eigenvalue weighted by Gasteiger charge is -2.14. The predicted molar refractivity (Wildman–Crippen MR) is 77.2 cm³/mol. The van der Waals surface area contributed by atoms with E-state index in [9.17, 15) is 14.5 Å². The van der Waals surface area contributed by atoms with Gasteiger partial charge >= 0.3 is 5.69 Å². The van der Waals surface area contributed by atoms with Gasteiger partial charge in [0.1, 0.15) is 11.6 Å². The van der Waals surface area contributed by atoms with E-state index in [2.05, 4.69) is 0 Å². The predicted octanol–water partition coefficient (Wildman–Crippen LogP) is 4.20. The normalized spacial score (nSPS) is 12.0. The number of nitro groups is 1. The first-order valence-corrected chi connectivity index (χ1v) is 6.43. The molecule has 1 atom stereocenters. The van der Waals surface area contributed by atoms with Gasteiger partial charge in [-0.05, 0) is 31.2 Å². The molecule has 2 aromatic carbocycles. The summed E-state index contributed by atoms with van der Waals surface area (Å²) in [5.41, 5.74) is 5.88. The van der Waals surface area contributed by atoms with Gasteiger partial charge in [0.25, 0.3) is 0 Å². The van der Waals surface area contributed by atoms with Crippen molar-refractivity contribution in [3.8, 4) is 11.5 Å². The van der Waals surface area contributed by atoms with Crippen molar-refractivity contribution < 1.29 is 14.1 Å². The molecule has 0 unspecified atom stereocenters. The topological polar surface area (TPSA) is 78.4 Å². The van der Waals surface area contributed by atoms with Crippen LogP contribution < -0.4 is 10.5 Å². The van der Waals surface area contributed by atoms with Crippen LogP contribution in [0.2, 0.25) is 5.02 Å². The van der Waals surface area contributed by atoms with Crippen LogP contribution >= 0.6 is 11.6 Å². The number of hydrogen-bond acceptors (Lipinski definition) is 4. The molecule has 0 aliphatic heterocycles. The first-order chi connectivity index (χ1) is 9.90. The Morgan fingerprint density at radius 2 is 2.10 bits per heavy atom. The van der Waals surface area contributed by atoms with Gasteiger partial charge in [-0.3, -0.25) is 10.1 Å². The van der Waals surface area contributed by atoms with E-state index in [4.69, 9.17) is 22.1 Å². The third-order valence-electron chi connectivity index (χ3n) is 2.82. The zero-order valence-electron chi connectivity index (χ0n) is 11.0. The quantitative estimate of drug-likeness (QED) is 0.678. The van der Waals surface area contributed by atoms with Gasteiger partial charge in [-0.1, -0.05) is 17.7 Å². The Hall–Kier alpha value is -2.18. The maximum Gasteiger partial charge on any atom is 0.313 e. The highest BCUT2D eigenvalue weighted by Crippen LogP contribution is 2.39. The molecule has 0 aliphatic carbocycles. The fourth-order valence-corrected chi connectivity index (χ4v) is 2.03. The standard InChI is InChI=1S/C14H12ClFN2O3/c1-8(17)10-7-9(16)5-6-13(10)21-14-11(15)3-2-4-12(14)18(19)20/h2-8H,17H2,1H3/t8-/m0/s1. The molecule has 0 aliphatic rings. The fourth-order valence-electron chi connectivity index (χ4n) is 1.82. The molecule has 2 N–H and O–H groups in total. The van der Waals surface area contributed by atoms with Crippen molar-refractivity contribution in [2.45, 2.75) is 13.0 Å². The highest BCUT2D eigenvalue weighted by Gasteiger charge is 2.21. The molecule has 0 fully saturated rings. The number of nitrogens with two attached hydrogens (primary N) is 1. The average molecular weight is 311 g/mol. The Kier molecular flexibility index (Phi) is 4.40. The molecule has 0 spiro atoms. The van der Waals surface area contributed by atoms with Crippen LogP contribution in [0, 0.1) is 15.9 Å². The van der Waals surface area contributed by atoms with Crippen LogP contribution in [-0.4, -0.2) is 4.92 Å². The minimum atomic E-state index is -0.601. The van der Waals surface area contributed by atoms with E-state index in [0.717, 1.165) is 0 Å². The van der Waals surface area contributed by atoms with Gasteiger partial charge in [-0.15, -0.1) is 0 Å². The molecule has 0 saturated carbocycles. The number of halogens is 2. The second-order valence-corrected chi connectivity index (χ2v) is 4.83. The van der Waals surface area contributed by atoms with Gasteiger partial charge in [0.05, 0.1) is 9.95 Å². The smallest absolute Gasteiger partial charge is 0.313 e. The minimum Gasteiger partial charge on any atom is -0.448 e. The lowest BCUT2D eigenvalue weighted by molar-refractivity contribution is -0.385. The van der Waals surface area contributed by atoms with Gasteiger partial charge < -0.3 is 10.5 Å². The van der Waals surface area contributed by atoms with Crippen LogP contribution in [0.4, 0.5) is 10.1 Å². The second kappa shape index (κ2) is 6.07. The Morgan fingerprint density at radius 3 is 2.71 bits per heavy atom. The third kappa shape index (κ3) is 3.29. The molecule has 5 nitrogen and oxygen atoms in total. The monoisotopic (exact) mass is 310 g/mol. The largest absolute Gasteiger partial charge is 0.448 e. The van der Waals surface area contributed by atoms with Gasteiger partial charge in [-0.2, -0.15) is 0 Å². The van der Waals surface area contributed by atoms with Gasteiger partial charge in [0.15, 0.2) is 0 Å². The van der Waals surface area contributed by atoms with E-state index in [-0.39, 0.29) is 22.2 Å². The van der Waals surface area contributed by atoms with Gasteiger partial charge in [0.2, 0.25) is 5.75 Å². The summed E-state index contributed by atoms with van der Waals surface area (Å²) < 4.78 is 18.8. The number of hydrogen-bond donors (Lipinski definition) is 1. The number of para-hydroxylation sites is 1. The van der Waals surface area contributed by atoms with Crippen molar-refractivity contribution >= 4 is 17.3 Å². The van der Waals surface area contributed by atoms with Crippen LogP contribution in [0.25, 0.3) is 0 Å². The van der Waals surface area contributed by atoms with E-state index >= 15 is 0 Å². The third-order valence-corrected chi connectivity index (χ3v) is 3.11.